The maximum Gasteiger partial charge on any atom is 0.391 e. The van der Waals surface area contributed by atoms with Crippen molar-refractivity contribution in [2.75, 3.05) is 6.54 Å². The van der Waals surface area contributed by atoms with Gasteiger partial charge in [-0.2, -0.15) is 13.2 Å². The molecule has 0 aliphatic heterocycles. The molecule has 1 rings (SSSR count). The molecule has 2 nitrogen and oxygen atoms in total. The summed E-state index contributed by atoms with van der Waals surface area (Å²) in [5, 5.41) is 2.70. The van der Waals surface area contributed by atoms with Gasteiger partial charge in [0.25, 0.3) is 0 Å². The van der Waals surface area contributed by atoms with E-state index in [1.807, 2.05) is 19.1 Å². The molecule has 0 spiro atoms. The van der Waals surface area contributed by atoms with Gasteiger partial charge in [-0.3, -0.25) is 4.79 Å². The van der Waals surface area contributed by atoms with Crippen LogP contribution in [0.4, 0.5) is 13.2 Å². The molecule has 0 aromatic rings. The summed E-state index contributed by atoms with van der Waals surface area (Å²) in [5.41, 5.74) is 0. The van der Waals surface area contributed by atoms with Gasteiger partial charge < -0.3 is 5.32 Å². The molecule has 104 valence electrons. The Morgan fingerprint density at radius 3 is 2.72 bits per heavy atom. The number of rotatable bonds is 4. The number of hydrogen-bond acceptors (Lipinski definition) is 1. The third-order valence-corrected chi connectivity index (χ3v) is 3.35. The molecular weight excluding hydrogens is 243 g/mol. The van der Waals surface area contributed by atoms with Crippen LogP contribution in [0.15, 0.2) is 12.2 Å². The Hall–Kier alpha value is -1.00. The number of hydrogen-bond donors (Lipinski definition) is 1. The van der Waals surface area contributed by atoms with E-state index >= 15 is 0 Å². The summed E-state index contributed by atoms with van der Waals surface area (Å²) in [7, 11) is 0. The lowest BCUT2D eigenvalue weighted by atomic mass is 9.80. The van der Waals surface area contributed by atoms with Crippen LogP contribution in [0.2, 0.25) is 0 Å². The number of amides is 1. The largest absolute Gasteiger partial charge is 0.391 e. The number of nitrogens with one attached hydrogen (secondary N) is 1. The van der Waals surface area contributed by atoms with Crippen LogP contribution < -0.4 is 5.32 Å². The standard InChI is InChI=1S/C13H20F3NO/c1-2-3-4-8-17-12(18)10-6-5-7-11(9-10)13(14,15)16/h2-3,10-11H,4-9H2,1H3,(H,17,18)/b3-2+. The summed E-state index contributed by atoms with van der Waals surface area (Å²) in [6.07, 6.45) is 1.51. The Labute approximate surface area is 106 Å². The zero-order chi connectivity index (χ0) is 13.6. The van der Waals surface area contributed by atoms with E-state index < -0.39 is 18.0 Å². The fraction of sp³-hybridized carbons (Fsp3) is 0.769. The zero-order valence-corrected chi connectivity index (χ0v) is 10.6. The Bertz CT molecular complexity index is 299. The van der Waals surface area contributed by atoms with Crippen LogP contribution in [-0.2, 0) is 4.79 Å². The molecule has 18 heavy (non-hydrogen) atoms. The third kappa shape index (κ3) is 4.70. The van der Waals surface area contributed by atoms with E-state index in [9.17, 15) is 18.0 Å². The van der Waals surface area contributed by atoms with Crippen molar-refractivity contribution in [3.05, 3.63) is 12.2 Å². The summed E-state index contributed by atoms with van der Waals surface area (Å²) < 4.78 is 37.8. The van der Waals surface area contributed by atoms with Crippen molar-refractivity contribution < 1.29 is 18.0 Å². The van der Waals surface area contributed by atoms with Gasteiger partial charge in [-0.05, 0) is 32.6 Å². The number of carbonyl (C=O) groups is 1. The highest BCUT2D eigenvalue weighted by Crippen LogP contribution is 2.39. The second kappa shape index (κ2) is 6.81. The fourth-order valence-corrected chi connectivity index (χ4v) is 2.31. The van der Waals surface area contributed by atoms with E-state index in [2.05, 4.69) is 5.32 Å². The second-order valence-electron chi connectivity index (χ2n) is 4.75. The highest BCUT2D eigenvalue weighted by molar-refractivity contribution is 5.78. The molecular formula is C13H20F3NO. The first-order valence-corrected chi connectivity index (χ1v) is 6.40. The Morgan fingerprint density at radius 2 is 2.11 bits per heavy atom. The van der Waals surface area contributed by atoms with Gasteiger partial charge in [-0.25, -0.2) is 0 Å². The first-order valence-electron chi connectivity index (χ1n) is 6.40. The van der Waals surface area contributed by atoms with Crippen LogP contribution in [0.1, 0.15) is 39.0 Å². The summed E-state index contributed by atoms with van der Waals surface area (Å²) >= 11 is 0. The Kier molecular flexibility index (Phi) is 5.69. The number of alkyl halides is 3. The highest BCUT2D eigenvalue weighted by Gasteiger charge is 2.43. The first-order chi connectivity index (χ1) is 8.45. The van der Waals surface area contributed by atoms with Crippen molar-refractivity contribution >= 4 is 5.91 Å². The van der Waals surface area contributed by atoms with Crippen LogP contribution in [0.25, 0.3) is 0 Å². The van der Waals surface area contributed by atoms with Gasteiger partial charge in [0, 0.05) is 12.5 Å². The minimum atomic E-state index is -4.16. The summed E-state index contributed by atoms with van der Waals surface area (Å²) in [5.74, 6) is -2.01. The molecule has 1 amide bonds. The van der Waals surface area contributed by atoms with Crippen LogP contribution in [0, 0.1) is 11.8 Å². The first kappa shape index (κ1) is 15.1. The Balaban J connectivity index is 2.39. The second-order valence-corrected chi connectivity index (χ2v) is 4.75. The molecule has 0 aromatic heterocycles. The molecule has 5 heteroatoms. The van der Waals surface area contributed by atoms with E-state index in [-0.39, 0.29) is 18.7 Å². The van der Waals surface area contributed by atoms with E-state index in [0.717, 1.165) is 6.42 Å². The summed E-state index contributed by atoms with van der Waals surface area (Å²) in [6, 6.07) is 0. The molecule has 1 aliphatic rings. The summed E-state index contributed by atoms with van der Waals surface area (Å²) in [6.45, 7) is 2.38. The van der Waals surface area contributed by atoms with E-state index in [1.54, 1.807) is 0 Å². The monoisotopic (exact) mass is 263 g/mol. The van der Waals surface area contributed by atoms with Crippen LogP contribution >= 0.6 is 0 Å². The quantitative estimate of drug-likeness (QED) is 0.611. The molecule has 2 atom stereocenters. The van der Waals surface area contributed by atoms with Crippen molar-refractivity contribution in [2.45, 2.75) is 45.2 Å². The third-order valence-electron chi connectivity index (χ3n) is 3.35. The number of allylic oxidation sites excluding steroid dienone is 1. The normalized spacial score (nSPS) is 25.3. The van der Waals surface area contributed by atoms with E-state index in [0.29, 0.717) is 19.4 Å². The zero-order valence-electron chi connectivity index (χ0n) is 10.6. The average Bonchev–Trinajstić information content (AvgIpc) is 2.33. The van der Waals surface area contributed by atoms with Crippen molar-refractivity contribution in [1.29, 1.82) is 0 Å². The molecule has 0 aromatic carbocycles. The van der Waals surface area contributed by atoms with Gasteiger partial charge in [0.05, 0.1) is 5.92 Å². The van der Waals surface area contributed by atoms with Gasteiger partial charge >= 0.3 is 6.18 Å². The summed E-state index contributed by atoms with van der Waals surface area (Å²) in [4.78, 5) is 11.7. The van der Waals surface area contributed by atoms with Crippen LogP contribution in [0.3, 0.4) is 0 Å². The predicted octanol–water partition coefficient (Wildman–Crippen LogP) is 3.44. The molecule has 1 N–H and O–H groups in total. The number of halogens is 3. The lowest BCUT2D eigenvalue weighted by Gasteiger charge is -2.29. The smallest absolute Gasteiger partial charge is 0.356 e. The molecule has 0 bridgehead atoms. The van der Waals surface area contributed by atoms with Crippen molar-refractivity contribution in [2.24, 2.45) is 11.8 Å². The molecule has 0 saturated heterocycles. The van der Waals surface area contributed by atoms with Gasteiger partial charge in [0.1, 0.15) is 0 Å². The van der Waals surface area contributed by atoms with E-state index in [1.165, 1.54) is 0 Å². The van der Waals surface area contributed by atoms with Gasteiger partial charge in [0.2, 0.25) is 5.91 Å². The molecule has 1 saturated carbocycles. The molecule has 2 unspecified atom stereocenters. The minimum Gasteiger partial charge on any atom is -0.356 e. The van der Waals surface area contributed by atoms with Gasteiger partial charge in [-0.15, -0.1) is 0 Å². The Morgan fingerprint density at radius 1 is 1.39 bits per heavy atom. The predicted molar refractivity (Wildman–Crippen MR) is 63.9 cm³/mol. The van der Waals surface area contributed by atoms with Crippen molar-refractivity contribution in [3.8, 4) is 0 Å². The SMILES string of the molecule is C/C=C/CCNC(=O)C1CCCC(C(F)(F)F)C1. The van der Waals surface area contributed by atoms with E-state index in [4.69, 9.17) is 0 Å². The topological polar surface area (TPSA) is 29.1 Å². The lowest BCUT2D eigenvalue weighted by Crippen LogP contribution is -2.37. The maximum atomic E-state index is 12.6. The van der Waals surface area contributed by atoms with Crippen LogP contribution in [0.5, 0.6) is 0 Å². The minimum absolute atomic E-state index is 0.0566. The maximum absolute atomic E-state index is 12.6. The lowest BCUT2D eigenvalue weighted by molar-refractivity contribution is -0.186. The van der Waals surface area contributed by atoms with Gasteiger partial charge in [-0.1, -0.05) is 18.6 Å². The molecule has 0 heterocycles. The fourth-order valence-electron chi connectivity index (χ4n) is 2.31. The number of carbonyl (C=O) groups excluding carboxylic acids is 1. The molecule has 1 aliphatic carbocycles. The van der Waals surface area contributed by atoms with Crippen molar-refractivity contribution in [1.82, 2.24) is 5.32 Å². The highest BCUT2D eigenvalue weighted by atomic mass is 19.4. The average molecular weight is 263 g/mol. The molecule has 1 fully saturated rings. The van der Waals surface area contributed by atoms with Crippen LogP contribution in [-0.4, -0.2) is 18.6 Å². The van der Waals surface area contributed by atoms with Gasteiger partial charge in [0.15, 0.2) is 0 Å². The molecule has 0 radical (unpaired) electrons. The van der Waals surface area contributed by atoms with Crippen molar-refractivity contribution in [3.63, 3.8) is 0 Å².